The Morgan fingerprint density at radius 3 is 2.43 bits per heavy atom. The number of hydrogen-bond donors (Lipinski definition) is 1. The molecule has 0 radical (unpaired) electrons. The van der Waals surface area contributed by atoms with Gasteiger partial charge in [0, 0.05) is 50.4 Å². The first-order chi connectivity index (χ1) is 13.6. The number of carboxylic acid groups (broad SMARTS) is 1. The molecule has 28 heavy (non-hydrogen) atoms. The number of carbonyl (C=O) groups is 2. The van der Waals surface area contributed by atoms with Crippen LogP contribution >= 0.6 is 0 Å². The van der Waals surface area contributed by atoms with E-state index in [4.69, 9.17) is 4.74 Å². The number of piperidine rings is 1. The summed E-state index contributed by atoms with van der Waals surface area (Å²) in [5.41, 5.74) is 0.799. The third-order valence-corrected chi connectivity index (χ3v) is 5.58. The van der Waals surface area contributed by atoms with Crippen LogP contribution in [0.3, 0.4) is 0 Å². The maximum atomic E-state index is 13.1. The molecule has 1 spiro atoms. The fraction of sp³-hybridized carbons (Fsp3) is 0.381. The van der Waals surface area contributed by atoms with Gasteiger partial charge in [-0.05, 0) is 17.7 Å². The zero-order chi connectivity index (χ0) is 19.6. The molecule has 1 N–H and O–H groups in total. The van der Waals surface area contributed by atoms with Gasteiger partial charge in [0.15, 0.2) is 6.04 Å². The monoisotopic (exact) mass is 381 g/mol. The maximum Gasteiger partial charge on any atom is 0.328 e. The third-order valence-electron chi connectivity index (χ3n) is 5.58. The molecule has 0 saturated carbocycles. The molecule has 0 unspecified atom stereocenters. The molecule has 7 nitrogen and oxygen atoms in total. The predicted octanol–water partition coefficient (Wildman–Crippen LogP) is 2.00. The standard InChI is InChI=1S/C21H23N3O4/c25-19(17-6-10-22-11-7-17)24-18(20(26)27)15-28-21(24)8-12-23(13-9-21)14-16-4-2-1-3-5-16/h1-7,10-11,18H,8-9,12-15H2,(H,26,27)/t18-/m0/s1. The molecule has 2 aliphatic heterocycles. The Bertz CT molecular complexity index is 835. The van der Waals surface area contributed by atoms with E-state index in [1.54, 1.807) is 12.1 Å². The summed E-state index contributed by atoms with van der Waals surface area (Å²) >= 11 is 0. The van der Waals surface area contributed by atoms with Gasteiger partial charge in [0.25, 0.3) is 5.91 Å². The first-order valence-corrected chi connectivity index (χ1v) is 9.46. The fourth-order valence-electron chi connectivity index (χ4n) is 4.09. The van der Waals surface area contributed by atoms with Gasteiger partial charge in [-0.15, -0.1) is 0 Å². The second-order valence-electron chi connectivity index (χ2n) is 7.28. The van der Waals surface area contributed by atoms with E-state index in [0.717, 1.165) is 19.6 Å². The number of pyridine rings is 1. The molecule has 7 heteroatoms. The van der Waals surface area contributed by atoms with Crippen molar-refractivity contribution in [1.29, 1.82) is 0 Å². The van der Waals surface area contributed by atoms with Crippen LogP contribution < -0.4 is 0 Å². The van der Waals surface area contributed by atoms with Crippen LogP contribution in [0.2, 0.25) is 0 Å². The third kappa shape index (κ3) is 3.50. The van der Waals surface area contributed by atoms with Crippen LogP contribution in [-0.2, 0) is 16.1 Å². The Kier molecular flexibility index (Phi) is 5.11. The molecule has 0 aliphatic carbocycles. The summed E-state index contributed by atoms with van der Waals surface area (Å²) in [5.74, 6) is -1.35. The highest BCUT2D eigenvalue weighted by Crippen LogP contribution is 2.38. The molecular formula is C21H23N3O4. The number of amides is 1. The van der Waals surface area contributed by atoms with Crippen molar-refractivity contribution in [2.24, 2.45) is 0 Å². The second-order valence-corrected chi connectivity index (χ2v) is 7.28. The molecule has 3 heterocycles. The number of aliphatic carboxylic acids is 1. The largest absolute Gasteiger partial charge is 0.480 e. The van der Waals surface area contributed by atoms with E-state index in [1.807, 2.05) is 18.2 Å². The second kappa shape index (κ2) is 7.69. The van der Waals surface area contributed by atoms with Crippen LogP contribution in [0, 0.1) is 0 Å². The number of ether oxygens (including phenoxy) is 1. The topological polar surface area (TPSA) is 83.0 Å². The minimum atomic E-state index is -1.04. The first kappa shape index (κ1) is 18.6. The van der Waals surface area contributed by atoms with Crippen molar-refractivity contribution in [1.82, 2.24) is 14.8 Å². The number of hydrogen-bond acceptors (Lipinski definition) is 5. The van der Waals surface area contributed by atoms with Crippen molar-refractivity contribution in [2.45, 2.75) is 31.2 Å². The van der Waals surface area contributed by atoms with Crippen LogP contribution in [0.25, 0.3) is 0 Å². The van der Waals surface area contributed by atoms with Gasteiger partial charge < -0.3 is 9.84 Å². The SMILES string of the molecule is O=C(O)[C@@H]1COC2(CCN(Cc3ccccc3)CC2)N1C(=O)c1ccncc1. The molecular weight excluding hydrogens is 358 g/mol. The van der Waals surface area contributed by atoms with Crippen molar-refractivity contribution in [2.75, 3.05) is 19.7 Å². The Labute approximate surface area is 163 Å². The predicted molar refractivity (Wildman–Crippen MR) is 101 cm³/mol. The molecule has 1 atom stereocenters. The first-order valence-electron chi connectivity index (χ1n) is 9.46. The molecule has 2 aliphatic rings. The molecule has 2 saturated heterocycles. The van der Waals surface area contributed by atoms with Crippen LogP contribution in [0.15, 0.2) is 54.9 Å². The Balaban J connectivity index is 1.52. The van der Waals surface area contributed by atoms with Crippen LogP contribution in [0.5, 0.6) is 0 Å². The van der Waals surface area contributed by atoms with Gasteiger partial charge in [-0.3, -0.25) is 19.6 Å². The van der Waals surface area contributed by atoms with E-state index in [1.165, 1.54) is 22.9 Å². The number of carboxylic acids is 1. The van der Waals surface area contributed by atoms with E-state index in [-0.39, 0.29) is 12.5 Å². The lowest BCUT2D eigenvalue weighted by Gasteiger charge is -2.44. The van der Waals surface area contributed by atoms with E-state index in [2.05, 4.69) is 22.0 Å². The summed E-state index contributed by atoms with van der Waals surface area (Å²) in [5, 5.41) is 9.64. The molecule has 4 rings (SSSR count). The highest BCUT2D eigenvalue weighted by Gasteiger charge is 2.54. The number of likely N-dealkylation sites (tertiary alicyclic amines) is 1. The minimum absolute atomic E-state index is 0.0187. The minimum Gasteiger partial charge on any atom is -0.480 e. The lowest BCUT2D eigenvalue weighted by Crippen LogP contribution is -2.58. The number of benzene rings is 1. The Hall–Kier alpha value is -2.77. The van der Waals surface area contributed by atoms with Crippen LogP contribution in [-0.4, -0.2) is 63.2 Å². The zero-order valence-electron chi connectivity index (χ0n) is 15.5. The maximum absolute atomic E-state index is 13.1. The highest BCUT2D eigenvalue weighted by molar-refractivity contribution is 5.97. The molecule has 1 aromatic carbocycles. The average Bonchev–Trinajstić information content (AvgIpc) is 3.10. The average molecular weight is 381 g/mol. The fourth-order valence-corrected chi connectivity index (χ4v) is 4.09. The molecule has 0 bridgehead atoms. The van der Waals surface area contributed by atoms with E-state index >= 15 is 0 Å². The summed E-state index contributed by atoms with van der Waals surface area (Å²) in [4.78, 5) is 32.6. The lowest BCUT2D eigenvalue weighted by molar-refractivity contribution is -0.144. The summed E-state index contributed by atoms with van der Waals surface area (Å²) in [6.07, 6.45) is 4.24. The number of nitrogens with zero attached hydrogens (tertiary/aromatic N) is 3. The van der Waals surface area contributed by atoms with Crippen molar-refractivity contribution in [3.05, 3.63) is 66.0 Å². The molecule has 1 amide bonds. The van der Waals surface area contributed by atoms with E-state index < -0.39 is 17.7 Å². The lowest BCUT2D eigenvalue weighted by atomic mass is 9.96. The summed E-state index contributed by atoms with van der Waals surface area (Å²) in [6.45, 7) is 2.32. The number of aromatic nitrogens is 1. The summed E-state index contributed by atoms with van der Waals surface area (Å²) < 4.78 is 5.99. The molecule has 1 aromatic heterocycles. The van der Waals surface area contributed by atoms with Gasteiger partial charge in [-0.2, -0.15) is 0 Å². The Morgan fingerprint density at radius 2 is 1.79 bits per heavy atom. The Morgan fingerprint density at radius 1 is 1.11 bits per heavy atom. The van der Waals surface area contributed by atoms with E-state index in [9.17, 15) is 14.7 Å². The van der Waals surface area contributed by atoms with Crippen molar-refractivity contribution >= 4 is 11.9 Å². The number of rotatable bonds is 4. The van der Waals surface area contributed by atoms with Gasteiger partial charge in [0.2, 0.25) is 0 Å². The highest BCUT2D eigenvalue weighted by atomic mass is 16.5. The molecule has 146 valence electrons. The van der Waals surface area contributed by atoms with Gasteiger partial charge in [0.1, 0.15) is 5.72 Å². The normalized spacial score (nSPS) is 21.7. The van der Waals surface area contributed by atoms with Crippen molar-refractivity contribution in [3.8, 4) is 0 Å². The molecule has 2 fully saturated rings. The number of carbonyl (C=O) groups excluding carboxylic acids is 1. The van der Waals surface area contributed by atoms with Gasteiger partial charge >= 0.3 is 5.97 Å². The van der Waals surface area contributed by atoms with Gasteiger partial charge in [-0.1, -0.05) is 30.3 Å². The van der Waals surface area contributed by atoms with Gasteiger partial charge in [0.05, 0.1) is 6.61 Å². The van der Waals surface area contributed by atoms with E-state index in [0.29, 0.717) is 18.4 Å². The zero-order valence-corrected chi connectivity index (χ0v) is 15.5. The smallest absolute Gasteiger partial charge is 0.328 e. The van der Waals surface area contributed by atoms with Crippen molar-refractivity contribution in [3.63, 3.8) is 0 Å². The summed E-state index contributed by atoms with van der Waals surface area (Å²) in [7, 11) is 0. The molecule has 2 aromatic rings. The summed E-state index contributed by atoms with van der Waals surface area (Å²) in [6, 6.07) is 12.5. The quantitative estimate of drug-likeness (QED) is 0.872. The van der Waals surface area contributed by atoms with Crippen LogP contribution in [0.1, 0.15) is 28.8 Å². The van der Waals surface area contributed by atoms with Crippen LogP contribution in [0.4, 0.5) is 0 Å². The van der Waals surface area contributed by atoms with Gasteiger partial charge in [-0.25, -0.2) is 4.79 Å². The van der Waals surface area contributed by atoms with Crippen molar-refractivity contribution < 1.29 is 19.4 Å².